The lowest BCUT2D eigenvalue weighted by molar-refractivity contribution is 1.28. The summed E-state index contributed by atoms with van der Waals surface area (Å²) in [5, 5.41) is 0. The molecule has 1 aromatic rings. The predicted molar refractivity (Wildman–Crippen MR) is 61.7 cm³/mol. The molecule has 0 N–H and O–H groups in total. The van der Waals surface area contributed by atoms with Crippen LogP contribution >= 0.6 is 0 Å². The van der Waals surface area contributed by atoms with Crippen molar-refractivity contribution in [3.8, 4) is 0 Å². The Hall–Kier alpha value is -1.89. The minimum Gasteiger partial charge on any atom is -0.256 e. The maximum atomic E-state index is 4.19. The molecule has 0 aliphatic carbocycles. The fourth-order valence-corrected chi connectivity index (χ4v) is 0.991. The predicted octanol–water partition coefficient (Wildman–Crippen LogP) is 3.39. The highest BCUT2D eigenvalue weighted by molar-refractivity contribution is 5.77. The van der Waals surface area contributed by atoms with Crippen molar-refractivity contribution in [2.75, 3.05) is 0 Å². The standard InChI is InChI=1S/C13H13N/c1-4-5-8-11(2)12(3)13-9-6-7-10-14-13/h4-10H,1-3H2. The van der Waals surface area contributed by atoms with Crippen molar-refractivity contribution in [1.82, 2.24) is 4.98 Å². The molecule has 1 aromatic heterocycles. The van der Waals surface area contributed by atoms with Crippen molar-refractivity contribution in [2.24, 2.45) is 0 Å². The van der Waals surface area contributed by atoms with Crippen LogP contribution in [0.1, 0.15) is 5.69 Å². The van der Waals surface area contributed by atoms with Gasteiger partial charge in [-0.15, -0.1) is 0 Å². The summed E-state index contributed by atoms with van der Waals surface area (Å²) in [4.78, 5) is 4.19. The second-order valence-electron chi connectivity index (χ2n) is 2.81. The number of hydrogen-bond acceptors (Lipinski definition) is 1. The van der Waals surface area contributed by atoms with Gasteiger partial charge in [-0.25, -0.2) is 0 Å². The van der Waals surface area contributed by atoms with E-state index in [0.29, 0.717) is 0 Å². The first-order chi connectivity index (χ1) is 6.75. The second-order valence-corrected chi connectivity index (χ2v) is 2.81. The summed E-state index contributed by atoms with van der Waals surface area (Å²) in [6, 6.07) is 5.71. The van der Waals surface area contributed by atoms with Crippen molar-refractivity contribution < 1.29 is 0 Å². The Kier molecular flexibility index (Phi) is 3.62. The number of allylic oxidation sites excluding steroid dienone is 5. The van der Waals surface area contributed by atoms with Crippen LogP contribution in [0.2, 0.25) is 0 Å². The summed E-state index contributed by atoms with van der Waals surface area (Å²) in [6.45, 7) is 11.4. The van der Waals surface area contributed by atoms with Crippen molar-refractivity contribution in [1.29, 1.82) is 0 Å². The molecule has 0 saturated heterocycles. The Bertz CT molecular complexity index is 371. The third-order valence-electron chi connectivity index (χ3n) is 1.80. The van der Waals surface area contributed by atoms with Crippen LogP contribution < -0.4 is 0 Å². The Balaban J connectivity index is 2.81. The SMILES string of the molecule is C=CC=CC(=C)C(=C)c1ccccn1. The molecule has 0 spiro atoms. The number of rotatable bonds is 4. The van der Waals surface area contributed by atoms with Gasteiger partial charge in [-0.05, 0) is 23.3 Å². The molecule has 1 rings (SSSR count). The van der Waals surface area contributed by atoms with Crippen molar-refractivity contribution >= 4 is 5.57 Å². The molecule has 1 heterocycles. The molecular formula is C13H13N. The van der Waals surface area contributed by atoms with Crippen molar-refractivity contribution in [3.05, 3.63) is 73.6 Å². The van der Waals surface area contributed by atoms with Gasteiger partial charge in [-0.1, -0.05) is 44.0 Å². The van der Waals surface area contributed by atoms with E-state index in [4.69, 9.17) is 0 Å². The van der Waals surface area contributed by atoms with Gasteiger partial charge in [0.05, 0.1) is 5.69 Å². The molecule has 0 aromatic carbocycles. The average Bonchev–Trinajstić information content (AvgIpc) is 2.26. The normalized spacial score (nSPS) is 10.0. The van der Waals surface area contributed by atoms with Crippen LogP contribution in [0.15, 0.2) is 67.9 Å². The summed E-state index contributed by atoms with van der Waals surface area (Å²) in [5.41, 5.74) is 2.54. The zero-order chi connectivity index (χ0) is 10.4. The molecule has 0 atom stereocenters. The summed E-state index contributed by atoms with van der Waals surface area (Å²) < 4.78 is 0. The van der Waals surface area contributed by atoms with Gasteiger partial charge in [-0.2, -0.15) is 0 Å². The van der Waals surface area contributed by atoms with Gasteiger partial charge in [-0.3, -0.25) is 4.98 Å². The Morgan fingerprint density at radius 2 is 2.07 bits per heavy atom. The molecule has 0 radical (unpaired) electrons. The minimum atomic E-state index is 0.837. The lowest BCUT2D eigenvalue weighted by atomic mass is 10.1. The number of hydrogen-bond donors (Lipinski definition) is 0. The van der Waals surface area contributed by atoms with Gasteiger partial charge in [0, 0.05) is 6.20 Å². The van der Waals surface area contributed by atoms with Crippen LogP contribution in [-0.4, -0.2) is 4.98 Å². The van der Waals surface area contributed by atoms with E-state index in [0.717, 1.165) is 16.8 Å². The highest BCUT2D eigenvalue weighted by Gasteiger charge is 2.00. The van der Waals surface area contributed by atoms with E-state index >= 15 is 0 Å². The van der Waals surface area contributed by atoms with Crippen LogP contribution in [0.5, 0.6) is 0 Å². The molecule has 0 aliphatic rings. The third-order valence-corrected chi connectivity index (χ3v) is 1.80. The van der Waals surface area contributed by atoms with Crippen LogP contribution in [0.3, 0.4) is 0 Å². The molecule has 70 valence electrons. The van der Waals surface area contributed by atoms with E-state index in [1.807, 2.05) is 30.4 Å². The van der Waals surface area contributed by atoms with Gasteiger partial charge < -0.3 is 0 Å². The van der Waals surface area contributed by atoms with Gasteiger partial charge in [0.1, 0.15) is 0 Å². The van der Waals surface area contributed by atoms with E-state index < -0.39 is 0 Å². The molecule has 1 heteroatoms. The van der Waals surface area contributed by atoms with Gasteiger partial charge >= 0.3 is 0 Å². The van der Waals surface area contributed by atoms with E-state index in [1.165, 1.54) is 0 Å². The Labute approximate surface area is 84.8 Å². The largest absolute Gasteiger partial charge is 0.256 e. The fraction of sp³-hybridized carbons (Fsp3) is 0. The van der Waals surface area contributed by atoms with Crippen LogP contribution in [-0.2, 0) is 0 Å². The zero-order valence-electron chi connectivity index (χ0n) is 8.11. The molecule has 0 unspecified atom stereocenters. The number of nitrogens with zero attached hydrogens (tertiary/aromatic N) is 1. The smallest absolute Gasteiger partial charge is 0.0701 e. The Morgan fingerprint density at radius 1 is 1.29 bits per heavy atom. The van der Waals surface area contributed by atoms with Crippen molar-refractivity contribution in [2.45, 2.75) is 0 Å². The van der Waals surface area contributed by atoms with E-state index in [2.05, 4.69) is 24.7 Å². The lowest BCUT2D eigenvalue weighted by Crippen LogP contribution is -1.87. The van der Waals surface area contributed by atoms with Gasteiger partial charge in [0.15, 0.2) is 0 Å². The minimum absolute atomic E-state index is 0.837. The second kappa shape index (κ2) is 4.97. The molecular weight excluding hydrogens is 170 g/mol. The fourth-order valence-electron chi connectivity index (χ4n) is 0.991. The summed E-state index contributed by atoms with van der Waals surface area (Å²) in [6.07, 6.45) is 7.14. The number of pyridine rings is 1. The number of aromatic nitrogens is 1. The van der Waals surface area contributed by atoms with E-state index in [1.54, 1.807) is 12.3 Å². The third kappa shape index (κ3) is 2.56. The van der Waals surface area contributed by atoms with Crippen molar-refractivity contribution in [3.63, 3.8) is 0 Å². The first-order valence-corrected chi connectivity index (χ1v) is 4.34. The molecule has 0 aliphatic heterocycles. The maximum absolute atomic E-state index is 4.19. The monoisotopic (exact) mass is 183 g/mol. The summed E-state index contributed by atoms with van der Waals surface area (Å²) in [5.74, 6) is 0. The molecule has 0 amide bonds. The first-order valence-electron chi connectivity index (χ1n) is 4.34. The van der Waals surface area contributed by atoms with Gasteiger partial charge in [0.25, 0.3) is 0 Å². The quantitative estimate of drug-likeness (QED) is 0.652. The van der Waals surface area contributed by atoms with Crippen LogP contribution in [0.4, 0.5) is 0 Å². The topological polar surface area (TPSA) is 12.9 Å². The summed E-state index contributed by atoms with van der Waals surface area (Å²) >= 11 is 0. The highest BCUT2D eigenvalue weighted by atomic mass is 14.7. The molecule has 0 bridgehead atoms. The maximum Gasteiger partial charge on any atom is 0.0701 e. The molecule has 0 fully saturated rings. The highest BCUT2D eigenvalue weighted by Crippen LogP contribution is 2.17. The zero-order valence-corrected chi connectivity index (χ0v) is 8.11. The molecule has 0 saturated carbocycles. The Morgan fingerprint density at radius 3 is 2.64 bits per heavy atom. The molecule has 1 nitrogen and oxygen atoms in total. The van der Waals surface area contributed by atoms with E-state index in [-0.39, 0.29) is 0 Å². The van der Waals surface area contributed by atoms with Crippen LogP contribution in [0, 0.1) is 0 Å². The lowest BCUT2D eigenvalue weighted by Gasteiger charge is -2.03. The van der Waals surface area contributed by atoms with Gasteiger partial charge in [0.2, 0.25) is 0 Å². The summed E-state index contributed by atoms with van der Waals surface area (Å²) in [7, 11) is 0. The van der Waals surface area contributed by atoms with Crippen LogP contribution in [0.25, 0.3) is 5.57 Å². The van der Waals surface area contributed by atoms with E-state index in [9.17, 15) is 0 Å². The molecule has 14 heavy (non-hydrogen) atoms. The first kappa shape index (κ1) is 10.2. The average molecular weight is 183 g/mol.